The molecule has 8 heteroatoms. The predicted molar refractivity (Wildman–Crippen MR) is 144 cm³/mol. The SMILES string of the molecule is CCCCCCCC/C=C\CCCCCCCC(=O)N(CCCOC)C[C@H](O)[C@@H](O)[C@H](O)[C@H](O)CO. The fourth-order valence-electron chi connectivity index (χ4n) is 4.12. The maximum atomic E-state index is 12.7. The van der Waals surface area contributed by atoms with Gasteiger partial charge in [-0.15, -0.1) is 0 Å². The summed E-state index contributed by atoms with van der Waals surface area (Å²) in [6, 6.07) is 0. The van der Waals surface area contributed by atoms with Gasteiger partial charge in [-0.05, 0) is 38.5 Å². The summed E-state index contributed by atoms with van der Waals surface area (Å²) in [6.45, 7) is 2.16. The standard InChI is InChI=1S/C28H55NO7/c1-3-4-5-6-7-8-9-10-11-12-13-14-15-16-17-19-26(33)29(20-18-21-36-2)22-24(31)27(34)28(35)25(32)23-30/h10-11,24-25,27-28,30-32,34-35H,3-9,12-23H2,1-2H3/b11-10-/t24-,25+,27+,28+/m0/s1. The number of nitrogens with zero attached hydrogens (tertiary/aromatic N) is 1. The van der Waals surface area contributed by atoms with Crippen LogP contribution in [0, 0.1) is 0 Å². The summed E-state index contributed by atoms with van der Waals surface area (Å²) in [5.74, 6) is -0.118. The Morgan fingerprint density at radius 2 is 1.31 bits per heavy atom. The highest BCUT2D eigenvalue weighted by atomic mass is 16.5. The molecular formula is C28H55NO7. The molecule has 0 aromatic carbocycles. The van der Waals surface area contributed by atoms with Crippen LogP contribution >= 0.6 is 0 Å². The molecule has 0 aliphatic carbocycles. The summed E-state index contributed by atoms with van der Waals surface area (Å²) in [5, 5.41) is 48.6. The fraction of sp³-hybridized carbons (Fsp3) is 0.893. The predicted octanol–water partition coefficient (Wildman–Crippen LogP) is 3.32. The molecule has 36 heavy (non-hydrogen) atoms. The molecule has 1 amide bonds. The number of aliphatic hydroxyl groups is 5. The topological polar surface area (TPSA) is 131 Å². The van der Waals surface area contributed by atoms with Gasteiger partial charge in [0.1, 0.15) is 24.4 Å². The van der Waals surface area contributed by atoms with Gasteiger partial charge in [-0.3, -0.25) is 4.79 Å². The molecule has 0 saturated heterocycles. The normalized spacial score (nSPS) is 15.2. The van der Waals surface area contributed by atoms with Crippen LogP contribution in [0.15, 0.2) is 12.2 Å². The number of carbonyl (C=O) groups is 1. The van der Waals surface area contributed by atoms with Crippen LogP contribution in [-0.2, 0) is 9.53 Å². The molecule has 0 aromatic heterocycles. The van der Waals surface area contributed by atoms with Gasteiger partial charge in [0.15, 0.2) is 0 Å². The van der Waals surface area contributed by atoms with E-state index in [1.54, 1.807) is 7.11 Å². The van der Waals surface area contributed by atoms with E-state index >= 15 is 0 Å². The highest BCUT2D eigenvalue weighted by molar-refractivity contribution is 5.76. The Hall–Kier alpha value is -1.03. The van der Waals surface area contributed by atoms with Crippen LogP contribution in [0.1, 0.15) is 103 Å². The second-order valence-corrected chi connectivity index (χ2v) is 9.82. The third-order valence-corrected chi connectivity index (χ3v) is 6.51. The lowest BCUT2D eigenvalue weighted by Gasteiger charge is -2.30. The van der Waals surface area contributed by atoms with Gasteiger partial charge in [-0.25, -0.2) is 0 Å². The summed E-state index contributed by atoms with van der Waals surface area (Å²) in [4.78, 5) is 14.2. The molecule has 5 N–H and O–H groups in total. The quantitative estimate of drug-likeness (QED) is 0.0927. The molecule has 0 radical (unpaired) electrons. The van der Waals surface area contributed by atoms with Crippen molar-refractivity contribution in [3.05, 3.63) is 12.2 Å². The van der Waals surface area contributed by atoms with Gasteiger partial charge < -0.3 is 35.2 Å². The van der Waals surface area contributed by atoms with Crippen LogP contribution in [0.2, 0.25) is 0 Å². The van der Waals surface area contributed by atoms with E-state index in [-0.39, 0.29) is 12.5 Å². The molecule has 0 spiro atoms. The maximum absolute atomic E-state index is 12.7. The molecule has 0 aromatic rings. The first-order chi connectivity index (χ1) is 17.4. The molecule has 8 nitrogen and oxygen atoms in total. The van der Waals surface area contributed by atoms with Crippen LogP contribution in [0.5, 0.6) is 0 Å². The fourth-order valence-corrected chi connectivity index (χ4v) is 4.12. The average Bonchev–Trinajstić information content (AvgIpc) is 2.88. The molecule has 0 saturated carbocycles. The van der Waals surface area contributed by atoms with Crippen molar-refractivity contribution in [3.8, 4) is 0 Å². The minimum absolute atomic E-state index is 0.118. The summed E-state index contributed by atoms with van der Waals surface area (Å²) in [6.07, 6.45) is 14.6. The molecule has 0 bridgehead atoms. The van der Waals surface area contributed by atoms with Gasteiger partial charge in [0.25, 0.3) is 0 Å². The van der Waals surface area contributed by atoms with Crippen molar-refractivity contribution in [1.29, 1.82) is 0 Å². The van der Waals surface area contributed by atoms with E-state index in [0.717, 1.165) is 38.5 Å². The van der Waals surface area contributed by atoms with Crippen LogP contribution in [-0.4, -0.2) is 94.2 Å². The van der Waals surface area contributed by atoms with E-state index in [2.05, 4.69) is 19.1 Å². The Balaban J connectivity index is 4.14. The summed E-state index contributed by atoms with van der Waals surface area (Å²) >= 11 is 0. The van der Waals surface area contributed by atoms with Crippen molar-refractivity contribution >= 4 is 5.91 Å². The minimum Gasteiger partial charge on any atom is -0.394 e. The van der Waals surface area contributed by atoms with Crippen molar-refractivity contribution in [1.82, 2.24) is 4.90 Å². The monoisotopic (exact) mass is 517 g/mol. The number of hydrogen-bond acceptors (Lipinski definition) is 7. The molecular weight excluding hydrogens is 462 g/mol. The van der Waals surface area contributed by atoms with E-state index in [1.165, 1.54) is 49.8 Å². The van der Waals surface area contributed by atoms with Crippen LogP contribution < -0.4 is 0 Å². The Bertz CT molecular complexity index is 532. The van der Waals surface area contributed by atoms with Crippen LogP contribution in [0.25, 0.3) is 0 Å². The van der Waals surface area contributed by atoms with Crippen molar-refractivity contribution in [2.45, 2.75) is 128 Å². The minimum atomic E-state index is -1.70. The summed E-state index contributed by atoms with van der Waals surface area (Å²) < 4.78 is 5.04. The Morgan fingerprint density at radius 3 is 1.86 bits per heavy atom. The van der Waals surface area contributed by atoms with E-state index < -0.39 is 31.0 Å². The largest absolute Gasteiger partial charge is 0.394 e. The number of ether oxygens (including phenoxy) is 1. The molecule has 4 atom stereocenters. The van der Waals surface area contributed by atoms with Crippen molar-refractivity contribution < 1.29 is 35.1 Å². The second kappa shape index (κ2) is 24.3. The molecule has 0 fully saturated rings. The Morgan fingerprint density at radius 1 is 0.778 bits per heavy atom. The van der Waals surface area contributed by atoms with Gasteiger partial charge in [0.2, 0.25) is 5.91 Å². The first-order valence-corrected chi connectivity index (χ1v) is 14.1. The lowest BCUT2D eigenvalue weighted by atomic mass is 10.0. The number of unbranched alkanes of at least 4 members (excludes halogenated alkanes) is 11. The average molecular weight is 518 g/mol. The van der Waals surface area contributed by atoms with E-state index in [4.69, 9.17) is 9.84 Å². The molecule has 0 heterocycles. The third kappa shape index (κ3) is 18.3. The first kappa shape index (κ1) is 35.0. The lowest BCUT2D eigenvalue weighted by molar-refractivity contribution is -0.140. The van der Waals surface area contributed by atoms with Crippen molar-refractivity contribution in [2.75, 3.05) is 33.4 Å². The first-order valence-electron chi connectivity index (χ1n) is 14.1. The molecule has 0 unspecified atom stereocenters. The zero-order chi connectivity index (χ0) is 27.0. The molecule has 0 aliphatic heterocycles. The van der Waals surface area contributed by atoms with Gasteiger partial charge in [-0.2, -0.15) is 0 Å². The second-order valence-electron chi connectivity index (χ2n) is 9.82. The van der Waals surface area contributed by atoms with E-state index in [0.29, 0.717) is 26.0 Å². The highest BCUT2D eigenvalue weighted by Crippen LogP contribution is 2.13. The van der Waals surface area contributed by atoms with Crippen LogP contribution in [0.4, 0.5) is 0 Å². The number of allylic oxidation sites excluding steroid dienone is 2. The molecule has 0 rings (SSSR count). The van der Waals surface area contributed by atoms with Crippen molar-refractivity contribution in [3.63, 3.8) is 0 Å². The number of methoxy groups -OCH3 is 1. The maximum Gasteiger partial charge on any atom is 0.222 e. The van der Waals surface area contributed by atoms with E-state index in [1.807, 2.05) is 0 Å². The number of aliphatic hydroxyl groups excluding tert-OH is 5. The zero-order valence-corrected chi connectivity index (χ0v) is 22.9. The smallest absolute Gasteiger partial charge is 0.222 e. The van der Waals surface area contributed by atoms with Gasteiger partial charge >= 0.3 is 0 Å². The number of rotatable bonds is 25. The highest BCUT2D eigenvalue weighted by Gasteiger charge is 2.31. The summed E-state index contributed by atoms with van der Waals surface area (Å²) in [7, 11) is 1.57. The number of amides is 1. The lowest BCUT2D eigenvalue weighted by Crippen LogP contribution is -2.50. The number of hydrogen-bond donors (Lipinski definition) is 5. The number of carbonyl (C=O) groups excluding carboxylic acids is 1. The zero-order valence-electron chi connectivity index (χ0n) is 22.9. The molecule has 214 valence electrons. The Kier molecular flexibility index (Phi) is 23.6. The third-order valence-electron chi connectivity index (χ3n) is 6.51. The summed E-state index contributed by atoms with van der Waals surface area (Å²) in [5.41, 5.74) is 0. The van der Waals surface area contributed by atoms with Gasteiger partial charge in [-0.1, -0.05) is 70.4 Å². The van der Waals surface area contributed by atoms with Crippen molar-refractivity contribution in [2.24, 2.45) is 0 Å². The van der Waals surface area contributed by atoms with Gasteiger partial charge in [0.05, 0.1) is 6.61 Å². The molecule has 0 aliphatic rings. The van der Waals surface area contributed by atoms with E-state index in [9.17, 15) is 25.2 Å². The Labute approximate surface area is 219 Å². The van der Waals surface area contributed by atoms with Crippen LogP contribution in [0.3, 0.4) is 0 Å². The van der Waals surface area contributed by atoms with Gasteiger partial charge in [0, 0.05) is 33.2 Å².